The van der Waals surface area contributed by atoms with Crippen LogP contribution in [0.2, 0.25) is 0 Å². The molecule has 1 N–H and O–H groups in total. The smallest absolute Gasteiger partial charge is 0.322 e. The average molecular weight is 330 g/mol. The number of urea groups is 1. The van der Waals surface area contributed by atoms with Crippen LogP contribution in [0.15, 0.2) is 41.3 Å². The van der Waals surface area contributed by atoms with Gasteiger partial charge in [-0.2, -0.15) is 0 Å². The van der Waals surface area contributed by atoms with Crippen LogP contribution in [0.3, 0.4) is 0 Å². The fourth-order valence-corrected chi connectivity index (χ4v) is 2.96. The van der Waals surface area contributed by atoms with E-state index in [0.29, 0.717) is 12.5 Å². The van der Waals surface area contributed by atoms with Crippen molar-refractivity contribution in [3.63, 3.8) is 0 Å². The minimum absolute atomic E-state index is 0.136. The van der Waals surface area contributed by atoms with Gasteiger partial charge >= 0.3 is 11.7 Å². The Kier molecular flexibility index (Phi) is 4.45. The first kappa shape index (κ1) is 16.0. The Morgan fingerprint density at radius 1 is 1.50 bits per heavy atom. The summed E-state index contributed by atoms with van der Waals surface area (Å²) in [5.74, 6) is 1.19. The molecular formula is C16H18N4O4. The summed E-state index contributed by atoms with van der Waals surface area (Å²) in [6, 6.07) is 4.50. The lowest BCUT2D eigenvalue weighted by Gasteiger charge is -2.37. The number of likely N-dealkylation sites (tertiary alicyclic amines) is 1. The molecule has 126 valence electrons. The van der Waals surface area contributed by atoms with Crippen molar-refractivity contribution < 1.29 is 14.1 Å². The molecule has 0 spiro atoms. The number of pyridine rings is 1. The second-order valence-electron chi connectivity index (χ2n) is 5.93. The molecule has 0 aliphatic carbocycles. The quantitative estimate of drug-likeness (QED) is 0.684. The van der Waals surface area contributed by atoms with E-state index in [1.54, 1.807) is 17.2 Å². The molecule has 2 aromatic heterocycles. The molecule has 2 amide bonds. The Morgan fingerprint density at radius 2 is 2.33 bits per heavy atom. The molecule has 0 bridgehead atoms. The van der Waals surface area contributed by atoms with Crippen molar-refractivity contribution in [1.82, 2.24) is 9.88 Å². The zero-order valence-corrected chi connectivity index (χ0v) is 13.2. The van der Waals surface area contributed by atoms with Crippen LogP contribution in [0.1, 0.15) is 31.6 Å². The molecular weight excluding hydrogens is 312 g/mol. The Bertz CT molecular complexity index is 731. The number of anilines is 1. The Hall–Kier alpha value is -2.90. The largest absolute Gasteiger partial charge is 0.467 e. The van der Waals surface area contributed by atoms with Gasteiger partial charge in [0.2, 0.25) is 0 Å². The third-order valence-electron chi connectivity index (χ3n) is 4.24. The van der Waals surface area contributed by atoms with E-state index >= 15 is 0 Å². The number of aromatic nitrogens is 1. The minimum atomic E-state index is -0.565. The zero-order chi connectivity index (χ0) is 17.1. The highest BCUT2D eigenvalue weighted by molar-refractivity contribution is 5.92. The molecule has 0 unspecified atom stereocenters. The van der Waals surface area contributed by atoms with Crippen LogP contribution in [0.4, 0.5) is 16.2 Å². The van der Waals surface area contributed by atoms with Crippen molar-refractivity contribution in [2.75, 3.05) is 11.9 Å². The van der Waals surface area contributed by atoms with Gasteiger partial charge in [0.25, 0.3) is 0 Å². The summed E-state index contributed by atoms with van der Waals surface area (Å²) in [6.45, 7) is 2.70. The topological polar surface area (TPSA) is 102 Å². The SMILES string of the molecule is C[C@@H]1CCN(C(=O)Nc2ccncc2[N+](=O)[O-])[C@@H](c2ccco2)C1. The highest BCUT2D eigenvalue weighted by Crippen LogP contribution is 2.35. The first-order valence-electron chi connectivity index (χ1n) is 7.75. The van der Waals surface area contributed by atoms with Gasteiger partial charge in [-0.25, -0.2) is 4.79 Å². The van der Waals surface area contributed by atoms with Crippen molar-refractivity contribution in [3.05, 3.63) is 52.7 Å². The molecule has 2 atom stereocenters. The second-order valence-corrected chi connectivity index (χ2v) is 5.93. The van der Waals surface area contributed by atoms with E-state index < -0.39 is 4.92 Å². The number of hydrogen-bond donors (Lipinski definition) is 1. The molecule has 0 saturated carbocycles. The predicted octanol–water partition coefficient (Wildman–Crippen LogP) is 3.59. The lowest BCUT2D eigenvalue weighted by molar-refractivity contribution is -0.384. The highest BCUT2D eigenvalue weighted by Gasteiger charge is 2.33. The van der Waals surface area contributed by atoms with E-state index in [2.05, 4.69) is 17.2 Å². The molecule has 1 saturated heterocycles. The van der Waals surface area contributed by atoms with Crippen LogP contribution >= 0.6 is 0 Å². The third kappa shape index (κ3) is 3.22. The number of carbonyl (C=O) groups excluding carboxylic acids is 1. The van der Waals surface area contributed by atoms with E-state index in [4.69, 9.17) is 4.42 Å². The number of carbonyl (C=O) groups is 1. The maximum atomic E-state index is 12.7. The third-order valence-corrected chi connectivity index (χ3v) is 4.24. The van der Waals surface area contributed by atoms with E-state index in [-0.39, 0.29) is 23.4 Å². The molecule has 2 aromatic rings. The van der Waals surface area contributed by atoms with Gasteiger partial charge in [0, 0.05) is 12.7 Å². The van der Waals surface area contributed by atoms with Gasteiger partial charge in [-0.05, 0) is 37.0 Å². The van der Waals surface area contributed by atoms with Crippen molar-refractivity contribution in [2.45, 2.75) is 25.8 Å². The first-order chi connectivity index (χ1) is 11.6. The summed E-state index contributed by atoms with van der Waals surface area (Å²) in [4.78, 5) is 28.6. The number of furan rings is 1. The number of amides is 2. The number of nitrogens with zero attached hydrogens (tertiary/aromatic N) is 3. The van der Waals surface area contributed by atoms with Crippen molar-refractivity contribution in [2.24, 2.45) is 5.92 Å². The summed E-state index contributed by atoms with van der Waals surface area (Å²) < 4.78 is 5.47. The molecule has 8 nitrogen and oxygen atoms in total. The highest BCUT2D eigenvalue weighted by atomic mass is 16.6. The monoisotopic (exact) mass is 330 g/mol. The van der Waals surface area contributed by atoms with Crippen molar-refractivity contribution >= 4 is 17.4 Å². The van der Waals surface area contributed by atoms with E-state index in [1.165, 1.54) is 12.3 Å². The van der Waals surface area contributed by atoms with Crippen LogP contribution in [0.5, 0.6) is 0 Å². The Morgan fingerprint density at radius 3 is 3.04 bits per heavy atom. The predicted molar refractivity (Wildman–Crippen MR) is 86.5 cm³/mol. The molecule has 0 radical (unpaired) electrons. The molecule has 1 aliphatic heterocycles. The minimum Gasteiger partial charge on any atom is -0.467 e. The van der Waals surface area contributed by atoms with Gasteiger partial charge in [-0.15, -0.1) is 0 Å². The summed E-state index contributed by atoms with van der Waals surface area (Å²) in [7, 11) is 0. The molecule has 0 aromatic carbocycles. The van der Waals surface area contributed by atoms with E-state index in [1.807, 2.05) is 6.07 Å². The number of piperidine rings is 1. The molecule has 3 rings (SSSR count). The average Bonchev–Trinajstić information content (AvgIpc) is 3.09. The van der Waals surface area contributed by atoms with Crippen LogP contribution in [0, 0.1) is 16.0 Å². The normalized spacial score (nSPS) is 20.6. The second kappa shape index (κ2) is 6.69. The van der Waals surface area contributed by atoms with Gasteiger partial charge in [0.15, 0.2) is 0 Å². The fraction of sp³-hybridized carbons (Fsp3) is 0.375. The summed E-state index contributed by atoms with van der Waals surface area (Å²) in [5, 5.41) is 13.7. The van der Waals surface area contributed by atoms with Gasteiger partial charge in [0.1, 0.15) is 17.6 Å². The van der Waals surface area contributed by atoms with E-state index in [9.17, 15) is 14.9 Å². The maximum absolute atomic E-state index is 12.7. The molecule has 3 heterocycles. The standard InChI is InChI=1S/C16H18N4O4/c1-11-5-7-19(13(9-11)15-3-2-8-24-15)16(21)18-12-4-6-17-10-14(12)20(22)23/h2-4,6,8,10-11,13H,5,7,9H2,1H3,(H,17,18,21)/t11-,13-/m1/s1. The van der Waals surface area contributed by atoms with Gasteiger partial charge in [0.05, 0.1) is 17.2 Å². The maximum Gasteiger partial charge on any atom is 0.322 e. The Labute approximate surface area is 138 Å². The molecule has 1 aliphatic rings. The van der Waals surface area contributed by atoms with Gasteiger partial charge in [-0.1, -0.05) is 6.92 Å². The zero-order valence-electron chi connectivity index (χ0n) is 13.2. The Balaban J connectivity index is 1.82. The molecule has 1 fully saturated rings. The number of nitro groups is 1. The van der Waals surface area contributed by atoms with Crippen LogP contribution in [-0.4, -0.2) is 27.4 Å². The lowest BCUT2D eigenvalue weighted by Crippen LogP contribution is -2.42. The lowest BCUT2D eigenvalue weighted by atomic mass is 9.91. The van der Waals surface area contributed by atoms with Crippen LogP contribution in [0.25, 0.3) is 0 Å². The fourth-order valence-electron chi connectivity index (χ4n) is 2.96. The summed E-state index contributed by atoms with van der Waals surface area (Å²) in [6.07, 6.45) is 5.78. The van der Waals surface area contributed by atoms with Crippen LogP contribution in [-0.2, 0) is 0 Å². The van der Waals surface area contributed by atoms with Crippen molar-refractivity contribution in [1.29, 1.82) is 0 Å². The molecule has 24 heavy (non-hydrogen) atoms. The van der Waals surface area contributed by atoms with Gasteiger partial charge in [-0.3, -0.25) is 15.1 Å². The van der Waals surface area contributed by atoms with Gasteiger partial charge < -0.3 is 14.6 Å². The van der Waals surface area contributed by atoms with Crippen LogP contribution < -0.4 is 5.32 Å². The summed E-state index contributed by atoms with van der Waals surface area (Å²) >= 11 is 0. The number of rotatable bonds is 3. The molecule has 8 heteroatoms. The first-order valence-corrected chi connectivity index (χ1v) is 7.75. The van der Waals surface area contributed by atoms with E-state index in [0.717, 1.165) is 24.8 Å². The number of nitrogens with one attached hydrogen (secondary N) is 1. The summed E-state index contributed by atoms with van der Waals surface area (Å²) in [5.41, 5.74) is -0.0948. The van der Waals surface area contributed by atoms with Crippen molar-refractivity contribution in [3.8, 4) is 0 Å². The number of hydrogen-bond acceptors (Lipinski definition) is 5.